The zero-order chi connectivity index (χ0) is 15.5. The summed E-state index contributed by atoms with van der Waals surface area (Å²) in [5.74, 6) is 2.70. The van der Waals surface area contributed by atoms with Crippen LogP contribution in [0.5, 0.6) is 11.5 Å². The van der Waals surface area contributed by atoms with Crippen LogP contribution in [0.2, 0.25) is 0 Å². The molecule has 0 bridgehead atoms. The zero-order valence-corrected chi connectivity index (χ0v) is 13.3. The molecule has 0 unspecified atom stereocenters. The fourth-order valence-corrected chi connectivity index (χ4v) is 2.71. The fraction of sp³-hybridized carbons (Fsp3) is 0.562. The Morgan fingerprint density at radius 3 is 2.64 bits per heavy atom. The van der Waals surface area contributed by atoms with Crippen molar-refractivity contribution >= 4 is 11.0 Å². The van der Waals surface area contributed by atoms with Gasteiger partial charge in [0.25, 0.3) is 0 Å². The largest absolute Gasteiger partial charge is 0.486 e. The number of nitrogens with two attached hydrogens (primary N) is 1. The second-order valence-electron chi connectivity index (χ2n) is 5.86. The number of likely N-dealkylation sites (N-methyl/N-ethyl adjacent to an activating group) is 1. The maximum Gasteiger partial charge on any atom is 0.163 e. The Balaban J connectivity index is 2.01. The van der Waals surface area contributed by atoms with E-state index in [2.05, 4.69) is 29.6 Å². The minimum Gasteiger partial charge on any atom is -0.486 e. The molecule has 1 aromatic heterocycles. The minimum atomic E-state index is 0.597. The zero-order valence-electron chi connectivity index (χ0n) is 13.3. The molecule has 0 saturated carbocycles. The summed E-state index contributed by atoms with van der Waals surface area (Å²) < 4.78 is 13.6. The highest BCUT2D eigenvalue weighted by Crippen LogP contribution is 2.34. The number of aryl methyl sites for hydroxylation is 1. The molecule has 1 aliphatic rings. The fourth-order valence-electron chi connectivity index (χ4n) is 2.71. The van der Waals surface area contributed by atoms with Gasteiger partial charge in [0.15, 0.2) is 11.5 Å². The van der Waals surface area contributed by atoms with Crippen molar-refractivity contribution in [3.63, 3.8) is 0 Å². The van der Waals surface area contributed by atoms with Crippen LogP contribution in [0.4, 0.5) is 0 Å². The summed E-state index contributed by atoms with van der Waals surface area (Å²) in [7, 11) is 4.16. The average Bonchev–Trinajstić information content (AvgIpc) is 2.85. The molecule has 0 atom stereocenters. The first-order chi connectivity index (χ1) is 10.7. The van der Waals surface area contributed by atoms with Crippen molar-refractivity contribution in [2.75, 3.05) is 40.4 Å². The summed E-state index contributed by atoms with van der Waals surface area (Å²) in [6.07, 6.45) is 1.84. The number of aromatic nitrogens is 2. The lowest BCUT2D eigenvalue weighted by Crippen LogP contribution is -2.20. The Hall–Kier alpha value is -1.79. The Morgan fingerprint density at radius 2 is 1.95 bits per heavy atom. The topological polar surface area (TPSA) is 65.5 Å². The summed E-state index contributed by atoms with van der Waals surface area (Å²) in [4.78, 5) is 6.97. The number of hydrogen-bond donors (Lipinski definition) is 1. The lowest BCUT2D eigenvalue weighted by atomic mass is 10.2. The Kier molecular flexibility index (Phi) is 4.49. The Bertz CT molecular complexity index is 651. The van der Waals surface area contributed by atoms with Gasteiger partial charge in [0.05, 0.1) is 11.0 Å². The van der Waals surface area contributed by atoms with Crippen LogP contribution >= 0.6 is 0 Å². The van der Waals surface area contributed by atoms with E-state index in [0.29, 0.717) is 19.8 Å². The van der Waals surface area contributed by atoms with Gasteiger partial charge in [-0.15, -0.1) is 0 Å². The maximum atomic E-state index is 5.71. The van der Waals surface area contributed by atoms with Gasteiger partial charge in [-0.05, 0) is 27.1 Å². The van der Waals surface area contributed by atoms with Gasteiger partial charge in [0.1, 0.15) is 19.0 Å². The van der Waals surface area contributed by atoms with Gasteiger partial charge >= 0.3 is 0 Å². The molecule has 3 rings (SSSR count). The summed E-state index contributed by atoms with van der Waals surface area (Å²) in [5.41, 5.74) is 7.73. The molecule has 6 heteroatoms. The molecular formula is C16H24N4O2. The molecule has 0 spiro atoms. The number of imidazole rings is 1. The SMILES string of the molecule is CN(C)CCn1c(CCCN)nc2cc3c(cc21)OCCO3. The van der Waals surface area contributed by atoms with E-state index in [-0.39, 0.29) is 0 Å². The van der Waals surface area contributed by atoms with Gasteiger partial charge in [-0.2, -0.15) is 0 Å². The molecule has 0 aliphatic carbocycles. The monoisotopic (exact) mass is 304 g/mol. The van der Waals surface area contributed by atoms with Gasteiger partial charge in [-0.3, -0.25) is 0 Å². The van der Waals surface area contributed by atoms with E-state index < -0.39 is 0 Å². The van der Waals surface area contributed by atoms with Crippen LogP contribution in [-0.4, -0.2) is 54.8 Å². The summed E-state index contributed by atoms with van der Waals surface area (Å²) in [6, 6.07) is 4.04. The van der Waals surface area contributed by atoms with E-state index in [4.69, 9.17) is 20.2 Å². The Labute approximate surface area is 130 Å². The van der Waals surface area contributed by atoms with Gasteiger partial charge in [0.2, 0.25) is 0 Å². The van der Waals surface area contributed by atoms with Crippen LogP contribution in [0.3, 0.4) is 0 Å². The number of fused-ring (bicyclic) bond motifs is 2. The van der Waals surface area contributed by atoms with Crippen molar-refractivity contribution in [3.05, 3.63) is 18.0 Å². The number of rotatable bonds is 6. The van der Waals surface area contributed by atoms with Gasteiger partial charge in [-0.1, -0.05) is 0 Å². The van der Waals surface area contributed by atoms with Crippen molar-refractivity contribution in [1.82, 2.24) is 14.5 Å². The molecule has 22 heavy (non-hydrogen) atoms. The van der Waals surface area contributed by atoms with Crippen molar-refractivity contribution in [2.24, 2.45) is 5.73 Å². The van der Waals surface area contributed by atoms with Crippen molar-refractivity contribution in [3.8, 4) is 11.5 Å². The van der Waals surface area contributed by atoms with Crippen LogP contribution in [-0.2, 0) is 13.0 Å². The lowest BCUT2D eigenvalue weighted by Gasteiger charge is -2.18. The number of ether oxygens (including phenoxy) is 2. The van der Waals surface area contributed by atoms with Gasteiger partial charge in [0, 0.05) is 31.6 Å². The normalized spacial score (nSPS) is 14.0. The van der Waals surface area contributed by atoms with Crippen LogP contribution in [0.15, 0.2) is 12.1 Å². The summed E-state index contributed by atoms with van der Waals surface area (Å²) in [5, 5.41) is 0. The van der Waals surface area contributed by atoms with Crippen molar-refractivity contribution in [2.45, 2.75) is 19.4 Å². The molecule has 0 radical (unpaired) electrons. The quantitative estimate of drug-likeness (QED) is 0.870. The summed E-state index contributed by atoms with van der Waals surface area (Å²) in [6.45, 7) is 3.75. The molecule has 1 aliphatic heterocycles. The van der Waals surface area contributed by atoms with E-state index in [1.165, 1.54) is 0 Å². The molecule has 1 aromatic carbocycles. The van der Waals surface area contributed by atoms with Crippen LogP contribution in [0.25, 0.3) is 11.0 Å². The first-order valence-corrected chi connectivity index (χ1v) is 7.82. The van der Waals surface area contributed by atoms with E-state index in [1.54, 1.807) is 0 Å². The van der Waals surface area contributed by atoms with Crippen molar-refractivity contribution in [1.29, 1.82) is 0 Å². The van der Waals surface area contributed by atoms with E-state index in [1.807, 2.05) is 6.07 Å². The number of benzene rings is 1. The highest BCUT2D eigenvalue weighted by atomic mass is 16.6. The highest BCUT2D eigenvalue weighted by Gasteiger charge is 2.18. The first-order valence-electron chi connectivity index (χ1n) is 7.82. The predicted octanol–water partition coefficient (Wildman–Crippen LogP) is 1.26. The van der Waals surface area contributed by atoms with Crippen LogP contribution in [0.1, 0.15) is 12.2 Å². The molecular weight excluding hydrogens is 280 g/mol. The number of nitrogens with zero attached hydrogens (tertiary/aromatic N) is 3. The minimum absolute atomic E-state index is 0.597. The van der Waals surface area contributed by atoms with E-state index in [9.17, 15) is 0 Å². The standard InChI is InChI=1S/C16H24N4O2/c1-19(2)6-7-20-13-11-15-14(21-8-9-22-15)10-12(13)18-16(20)4-3-5-17/h10-11H,3-9,17H2,1-2H3. The third-order valence-electron chi connectivity index (χ3n) is 3.87. The third kappa shape index (κ3) is 3.03. The smallest absolute Gasteiger partial charge is 0.163 e. The number of hydrogen-bond acceptors (Lipinski definition) is 5. The third-order valence-corrected chi connectivity index (χ3v) is 3.87. The van der Waals surface area contributed by atoms with Crippen LogP contribution < -0.4 is 15.2 Å². The average molecular weight is 304 g/mol. The molecule has 0 amide bonds. The first kappa shape index (κ1) is 15.1. The van der Waals surface area contributed by atoms with E-state index in [0.717, 1.165) is 54.3 Å². The van der Waals surface area contributed by atoms with Gasteiger partial charge < -0.3 is 24.7 Å². The molecule has 6 nitrogen and oxygen atoms in total. The maximum absolute atomic E-state index is 5.71. The molecule has 2 N–H and O–H groups in total. The van der Waals surface area contributed by atoms with Crippen molar-refractivity contribution < 1.29 is 9.47 Å². The van der Waals surface area contributed by atoms with Gasteiger partial charge in [-0.25, -0.2) is 4.98 Å². The lowest BCUT2D eigenvalue weighted by molar-refractivity contribution is 0.172. The summed E-state index contributed by atoms with van der Waals surface area (Å²) >= 11 is 0. The second kappa shape index (κ2) is 6.54. The van der Waals surface area contributed by atoms with E-state index >= 15 is 0 Å². The Morgan fingerprint density at radius 1 is 1.23 bits per heavy atom. The second-order valence-corrected chi connectivity index (χ2v) is 5.86. The molecule has 2 heterocycles. The molecule has 2 aromatic rings. The molecule has 0 saturated heterocycles. The highest BCUT2D eigenvalue weighted by molar-refractivity contribution is 5.80. The predicted molar refractivity (Wildman–Crippen MR) is 86.7 cm³/mol. The molecule has 120 valence electrons. The van der Waals surface area contributed by atoms with Crippen LogP contribution in [0, 0.1) is 0 Å². The molecule has 0 fully saturated rings.